The van der Waals surface area contributed by atoms with Crippen molar-refractivity contribution < 1.29 is 28.8 Å². The molecule has 10 nitrogen and oxygen atoms in total. The molecular formula is C30H28BrN3O7S. The Hall–Kier alpha value is -4.16. The Bertz CT molecular complexity index is 1580. The van der Waals surface area contributed by atoms with E-state index in [1.807, 2.05) is 39.8 Å². The molecule has 12 heteroatoms. The standard InChI is InChI=1S/C30H28BrN3O7S/c1-5-40-24-13-21(12-23(31)28(24)41-16-20-6-8-22(9-7-20)34(38)39)14-25-29(36)33(30(37)42-25)15-26(35)32-27-18(3)10-17(2)11-19(27)4/h6-14H,5,15-16H2,1-4H3,(H,32,35)/b25-14+. The fraction of sp³-hybridized carbons (Fsp3) is 0.233. The molecule has 1 aliphatic rings. The molecular weight excluding hydrogens is 626 g/mol. The first kappa shape index (κ1) is 30.8. The number of carbonyl (C=O) groups is 3. The summed E-state index contributed by atoms with van der Waals surface area (Å²) in [6.07, 6.45) is 1.56. The van der Waals surface area contributed by atoms with Crippen molar-refractivity contribution in [3.8, 4) is 11.5 Å². The summed E-state index contributed by atoms with van der Waals surface area (Å²) in [7, 11) is 0. The summed E-state index contributed by atoms with van der Waals surface area (Å²) >= 11 is 4.25. The van der Waals surface area contributed by atoms with Gasteiger partial charge in [0.15, 0.2) is 11.5 Å². The van der Waals surface area contributed by atoms with Crippen molar-refractivity contribution in [3.05, 3.63) is 95.8 Å². The van der Waals surface area contributed by atoms with Crippen LogP contribution in [0.5, 0.6) is 11.5 Å². The molecule has 218 valence electrons. The van der Waals surface area contributed by atoms with E-state index in [2.05, 4.69) is 21.2 Å². The summed E-state index contributed by atoms with van der Waals surface area (Å²) in [6.45, 7) is 7.64. The Morgan fingerprint density at radius 2 is 1.74 bits per heavy atom. The third-order valence-corrected chi connectivity index (χ3v) is 7.77. The van der Waals surface area contributed by atoms with Crippen molar-refractivity contribution in [1.82, 2.24) is 4.90 Å². The van der Waals surface area contributed by atoms with Crippen molar-refractivity contribution >= 4 is 62.2 Å². The minimum Gasteiger partial charge on any atom is -0.490 e. The lowest BCUT2D eigenvalue weighted by Crippen LogP contribution is -2.36. The highest BCUT2D eigenvalue weighted by molar-refractivity contribution is 9.10. The predicted molar refractivity (Wildman–Crippen MR) is 165 cm³/mol. The number of thioether (sulfide) groups is 1. The first-order valence-corrected chi connectivity index (χ1v) is 14.5. The van der Waals surface area contributed by atoms with Gasteiger partial charge >= 0.3 is 0 Å². The molecule has 42 heavy (non-hydrogen) atoms. The van der Waals surface area contributed by atoms with E-state index in [4.69, 9.17) is 9.47 Å². The van der Waals surface area contributed by atoms with Crippen molar-refractivity contribution in [1.29, 1.82) is 0 Å². The molecule has 1 heterocycles. The van der Waals surface area contributed by atoms with Crippen LogP contribution >= 0.6 is 27.7 Å². The van der Waals surface area contributed by atoms with E-state index >= 15 is 0 Å². The van der Waals surface area contributed by atoms with Gasteiger partial charge in [-0.05, 0) is 108 Å². The Morgan fingerprint density at radius 3 is 2.36 bits per heavy atom. The Balaban J connectivity index is 1.49. The zero-order valence-electron chi connectivity index (χ0n) is 23.4. The van der Waals surface area contributed by atoms with Crippen LogP contribution in [0.3, 0.4) is 0 Å². The van der Waals surface area contributed by atoms with Crippen LogP contribution in [0.25, 0.3) is 6.08 Å². The number of imide groups is 1. The number of hydrogen-bond donors (Lipinski definition) is 1. The van der Waals surface area contributed by atoms with Crippen LogP contribution in [0.15, 0.2) is 57.9 Å². The maximum absolute atomic E-state index is 13.1. The third-order valence-electron chi connectivity index (χ3n) is 6.28. The number of halogens is 1. The normalized spacial score (nSPS) is 13.9. The van der Waals surface area contributed by atoms with Gasteiger partial charge in [0.2, 0.25) is 5.91 Å². The molecule has 1 N–H and O–H groups in total. The molecule has 0 saturated carbocycles. The van der Waals surface area contributed by atoms with E-state index in [9.17, 15) is 24.5 Å². The number of nitrogens with zero attached hydrogens (tertiary/aromatic N) is 2. The summed E-state index contributed by atoms with van der Waals surface area (Å²) in [5, 5.41) is 13.2. The molecule has 1 saturated heterocycles. The molecule has 0 aliphatic carbocycles. The first-order chi connectivity index (χ1) is 20.0. The fourth-order valence-electron chi connectivity index (χ4n) is 4.43. The minimum atomic E-state index is -0.565. The number of carbonyl (C=O) groups excluding carboxylic acids is 3. The highest BCUT2D eigenvalue weighted by Crippen LogP contribution is 2.40. The maximum Gasteiger partial charge on any atom is 0.294 e. The van der Waals surface area contributed by atoms with Gasteiger partial charge in [0.1, 0.15) is 13.2 Å². The number of aryl methyl sites for hydroxylation is 3. The zero-order valence-corrected chi connectivity index (χ0v) is 25.8. The van der Waals surface area contributed by atoms with Gasteiger partial charge < -0.3 is 14.8 Å². The van der Waals surface area contributed by atoms with E-state index in [1.54, 1.807) is 30.3 Å². The highest BCUT2D eigenvalue weighted by Gasteiger charge is 2.36. The Morgan fingerprint density at radius 1 is 1.07 bits per heavy atom. The zero-order chi connectivity index (χ0) is 30.6. The molecule has 0 spiro atoms. The number of nitrogens with one attached hydrogen (secondary N) is 1. The lowest BCUT2D eigenvalue weighted by molar-refractivity contribution is -0.384. The molecule has 0 aromatic heterocycles. The molecule has 4 rings (SSSR count). The molecule has 3 aromatic carbocycles. The van der Waals surface area contributed by atoms with Crippen LogP contribution in [-0.2, 0) is 16.2 Å². The number of non-ortho nitro benzene ring substituents is 1. The number of rotatable bonds is 10. The van der Waals surface area contributed by atoms with E-state index in [0.717, 1.165) is 38.9 Å². The van der Waals surface area contributed by atoms with Gasteiger partial charge in [-0.3, -0.25) is 29.4 Å². The van der Waals surface area contributed by atoms with Gasteiger partial charge in [0.25, 0.3) is 16.8 Å². The van der Waals surface area contributed by atoms with Crippen LogP contribution in [0.4, 0.5) is 16.2 Å². The average Bonchev–Trinajstić information content (AvgIpc) is 3.17. The number of hydrogen-bond acceptors (Lipinski definition) is 8. The maximum atomic E-state index is 13.1. The third kappa shape index (κ3) is 7.18. The quantitative estimate of drug-likeness (QED) is 0.142. The van der Waals surface area contributed by atoms with Gasteiger partial charge in [0.05, 0.1) is 20.9 Å². The van der Waals surface area contributed by atoms with E-state index in [-0.39, 0.29) is 17.2 Å². The second kappa shape index (κ2) is 13.2. The lowest BCUT2D eigenvalue weighted by Gasteiger charge is -2.16. The van der Waals surface area contributed by atoms with Gasteiger partial charge in [0, 0.05) is 17.8 Å². The second-order valence-electron chi connectivity index (χ2n) is 9.56. The SMILES string of the molecule is CCOc1cc(/C=C2/SC(=O)N(CC(=O)Nc3c(C)cc(C)cc3C)C2=O)cc(Br)c1OCc1ccc([N+](=O)[O-])cc1. The molecule has 1 fully saturated rings. The van der Waals surface area contributed by atoms with Crippen LogP contribution in [0.1, 0.15) is 34.7 Å². The lowest BCUT2D eigenvalue weighted by atomic mass is 10.1. The van der Waals surface area contributed by atoms with Crippen molar-refractivity contribution in [2.24, 2.45) is 0 Å². The number of anilines is 1. The molecule has 1 aliphatic heterocycles. The second-order valence-corrected chi connectivity index (χ2v) is 11.4. The number of nitro groups is 1. The number of ether oxygens (including phenoxy) is 2. The van der Waals surface area contributed by atoms with Crippen LogP contribution in [-0.4, -0.2) is 40.0 Å². The Kier molecular flexibility index (Phi) is 9.69. The monoisotopic (exact) mass is 653 g/mol. The summed E-state index contributed by atoms with van der Waals surface area (Å²) in [5.74, 6) is -0.212. The number of nitro benzene ring substituents is 1. The van der Waals surface area contributed by atoms with Crippen molar-refractivity contribution in [3.63, 3.8) is 0 Å². The topological polar surface area (TPSA) is 128 Å². The predicted octanol–water partition coefficient (Wildman–Crippen LogP) is 6.94. The van der Waals surface area contributed by atoms with E-state index in [1.165, 1.54) is 12.1 Å². The summed E-state index contributed by atoms with van der Waals surface area (Å²) < 4.78 is 12.3. The number of benzene rings is 3. The first-order valence-electron chi connectivity index (χ1n) is 12.9. The molecule has 3 amide bonds. The minimum absolute atomic E-state index is 0.0132. The highest BCUT2D eigenvalue weighted by atomic mass is 79.9. The van der Waals surface area contributed by atoms with Crippen LogP contribution in [0, 0.1) is 30.9 Å². The molecule has 0 bridgehead atoms. The van der Waals surface area contributed by atoms with Gasteiger partial charge in [-0.25, -0.2) is 0 Å². The van der Waals surface area contributed by atoms with Gasteiger partial charge in [-0.15, -0.1) is 0 Å². The summed E-state index contributed by atoms with van der Waals surface area (Å²) in [4.78, 5) is 50.1. The van der Waals surface area contributed by atoms with Gasteiger partial charge in [-0.2, -0.15) is 0 Å². The van der Waals surface area contributed by atoms with E-state index in [0.29, 0.717) is 33.8 Å². The average molecular weight is 655 g/mol. The smallest absolute Gasteiger partial charge is 0.294 e. The summed E-state index contributed by atoms with van der Waals surface area (Å²) in [5.41, 5.74) is 4.81. The van der Waals surface area contributed by atoms with Gasteiger partial charge in [-0.1, -0.05) is 17.7 Å². The molecule has 0 radical (unpaired) electrons. The van der Waals surface area contributed by atoms with Crippen molar-refractivity contribution in [2.75, 3.05) is 18.5 Å². The van der Waals surface area contributed by atoms with Crippen LogP contribution < -0.4 is 14.8 Å². The number of amides is 3. The van der Waals surface area contributed by atoms with Crippen LogP contribution in [0.2, 0.25) is 0 Å². The molecule has 0 atom stereocenters. The molecule has 3 aromatic rings. The summed E-state index contributed by atoms with van der Waals surface area (Å²) in [6, 6.07) is 13.3. The largest absolute Gasteiger partial charge is 0.490 e. The van der Waals surface area contributed by atoms with E-state index < -0.39 is 28.5 Å². The fourth-order valence-corrected chi connectivity index (χ4v) is 5.84. The molecule has 0 unspecified atom stereocenters. The van der Waals surface area contributed by atoms with Crippen molar-refractivity contribution in [2.45, 2.75) is 34.3 Å². The Labute approximate surface area is 255 Å².